The van der Waals surface area contributed by atoms with Crippen molar-refractivity contribution < 1.29 is 13.9 Å². The third-order valence-electron chi connectivity index (χ3n) is 7.47. The van der Waals surface area contributed by atoms with E-state index in [-0.39, 0.29) is 29.8 Å². The molecule has 3 heteroatoms. The highest BCUT2D eigenvalue weighted by molar-refractivity contribution is 5.72. The molecule has 0 bridgehead atoms. The summed E-state index contributed by atoms with van der Waals surface area (Å²) < 4.78 is 19.7. The number of hydrogen-bond acceptors (Lipinski definition) is 2. The van der Waals surface area contributed by atoms with Crippen molar-refractivity contribution >= 4 is 5.97 Å². The Balaban J connectivity index is 1.42. The van der Waals surface area contributed by atoms with Gasteiger partial charge >= 0.3 is 5.97 Å². The van der Waals surface area contributed by atoms with Crippen LogP contribution < -0.4 is 0 Å². The Morgan fingerprint density at radius 2 is 1.28 bits per heavy atom. The first-order valence-electron chi connectivity index (χ1n) is 10.8. The number of rotatable bonds is 3. The topological polar surface area (TPSA) is 26.3 Å². The molecule has 0 aliphatic heterocycles. The summed E-state index contributed by atoms with van der Waals surface area (Å²) in [6.45, 7) is 6.26. The van der Waals surface area contributed by atoms with Crippen LogP contribution in [0.1, 0.15) is 85.0 Å². The molecule has 2 nitrogen and oxygen atoms in total. The fraction of sp³-hybridized carbons (Fsp3) is 0.955. The standard InChI is InChI=1S/C22H37FO2/c1-14-4-6-17(7-5-14)18-8-10-19(11-9-18)22(24)25-20-12-15(2)21(23)16(3)13-20/h14-21H,4-13H2,1-3H3. The van der Waals surface area contributed by atoms with Crippen molar-refractivity contribution in [3.8, 4) is 0 Å². The SMILES string of the molecule is CC1CCC(C2CCC(C(=O)OC3CC(C)C(F)C(C)C3)CC2)CC1. The minimum atomic E-state index is -0.747. The zero-order valence-corrected chi connectivity index (χ0v) is 16.4. The zero-order valence-electron chi connectivity index (χ0n) is 16.4. The Bertz CT molecular complexity index is 423. The highest BCUT2D eigenvalue weighted by atomic mass is 19.1. The first kappa shape index (κ1) is 19.2. The molecule has 3 aliphatic rings. The van der Waals surface area contributed by atoms with Crippen LogP contribution in [0.5, 0.6) is 0 Å². The van der Waals surface area contributed by atoms with Crippen LogP contribution in [-0.2, 0) is 9.53 Å². The summed E-state index contributed by atoms with van der Waals surface area (Å²) in [7, 11) is 0. The lowest BCUT2D eigenvalue weighted by molar-refractivity contribution is -0.160. The molecule has 0 N–H and O–H groups in total. The molecule has 0 amide bonds. The van der Waals surface area contributed by atoms with Gasteiger partial charge in [-0.1, -0.05) is 33.6 Å². The second kappa shape index (κ2) is 8.39. The maximum atomic E-state index is 13.9. The molecule has 3 fully saturated rings. The van der Waals surface area contributed by atoms with Gasteiger partial charge in [-0.3, -0.25) is 4.79 Å². The van der Waals surface area contributed by atoms with E-state index in [0.717, 1.165) is 30.6 Å². The fourth-order valence-electron chi connectivity index (χ4n) is 5.69. The second-order valence-corrected chi connectivity index (χ2v) is 9.56. The largest absolute Gasteiger partial charge is 0.462 e. The number of ether oxygens (including phenoxy) is 1. The smallest absolute Gasteiger partial charge is 0.309 e. The summed E-state index contributed by atoms with van der Waals surface area (Å²) in [5.74, 6) is 2.74. The number of carbonyl (C=O) groups is 1. The molecule has 2 unspecified atom stereocenters. The van der Waals surface area contributed by atoms with E-state index in [1.165, 1.54) is 38.5 Å². The Hall–Kier alpha value is -0.600. The van der Waals surface area contributed by atoms with Crippen LogP contribution in [-0.4, -0.2) is 18.2 Å². The lowest BCUT2D eigenvalue weighted by atomic mass is 9.69. The molecule has 0 radical (unpaired) electrons. The predicted octanol–water partition coefficient (Wildman–Crippen LogP) is 5.94. The van der Waals surface area contributed by atoms with Crippen molar-refractivity contribution in [2.45, 2.75) is 97.3 Å². The van der Waals surface area contributed by atoms with Crippen LogP contribution in [0.2, 0.25) is 0 Å². The van der Waals surface area contributed by atoms with Crippen molar-refractivity contribution in [3.05, 3.63) is 0 Å². The molecule has 0 aromatic heterocycles. The van der Waals surface area contributed by atoms with Gasteiger partial charge in [0.15, 0.2) is 0 Å². The Kier molecular flexibility index (Phi) is 6.44. The van der Waals surface area contributed by atoms with E-state index in [9.17, 15) is 9.18 Å². The maximum absolute atomic E-state index is 13.9. The molecule has 3 aliphatic carbocycles. The van der Waals surface area contributed by atoms with E-state index in [2.05, 4.69) is 6.92 Å². The zero-order chi connectivity index (χ0) is 18.0. The summed E-state index contributed by atoms with van der Waals surface area (Å²) in [6, 6.07) is 0. The lowest BCUT2D eigenvalue weighted by Crippen LogP contribution is -2.38. The van der Waals surface area contributed by atoms with E-state index in [0.29, 0.717) is 12.8 Å². The van der Waals surface area contributed by atoms with Crippen LogP contribution in [0.4, 0.5) is 4.39 Å². The minimum Gasteiger partial charge on any atom is -0.462 e. The molecular formula is C22H37FO2. The van der Waals surface area contributed by atoms with E-state index in [1.807, 2.05) is 13.8 Å². The second-order valence-electron chi connectivity index (χ2n) is 9.56. The first-order chi connectivity index (χ1) is 11.9. The Morgan fingerprint density at radius 1 is 0.800 bits per heavy atom. The number of carbonyl (C=O) groups excluding carboxylic acids is 1. The van der Waals surface area contributed by atoms with Crippen molar-refractivity contribution in [2.75, 3.05) is 0 Å². The van der Waals surface area contributed by atoms with Gasteiger partial charge in [0.2, 0.25) is 0 Å². The average molecular weight is 353 g/mol. The van der Waals surface area contributed by atoms with Gasteiger partial charge in [0.1, 0.15) is 12.3 Å². The predicted molar refractivity (Wildman–Crippen MR) is 98.9 cm³/mol. The monoisotopic (exact) mass is 352 g/mol. The normalized spacial score (nSPS) is 45.8. The molecule has 0 spiro atoms. The summed E-state index contributed by atoms with van der Waals surface area (Å²) in [5.41, 5.74) is 0. The number of alkyl halides is 1. The molecule has 144 valence electrons. The van der Waals surface area contributed by atoms with Crippen molar-refractivity contribution in [2.24, 2.45) is 35.5 Å². The van der Waals surface area contributed by atoms with Gasteiger partial charge in [-0.25, -0.2) is 4.39 Å². The van der Waals surface area contributed by atoms with E-state index in [4.69, 9.17) is 4.74 Å². The minimum absolute atomic E-state index is 0.00238. The average Bonchev–Trinajstić information content (AvgIpc) is 2.60. The van der Waals surface area contributed by atoms with Crippen LogP contribution >= 0.6 is 0 Å². The van der Waals surface area contributed by atoms with E-state index >= 15 is 0 Å². The maximum Gasteiger partial charge on any atom is 0.309 e. The molecule has 3 rings (SSSR count). The number of hydrogen-bond donors (Lipinski definition) is 0. The van der Waals surface area contributed by atoms with Crippen LogP contribution in [0, 0.1) is 35.5 Å². The highest BCUT2D eigenvalue weighted by Gasteiger charge is 2.37. The van der Waals surface area contributed by atoms with Gasteiger partial charge in [0.25, 0.3) is 0 Å². The van der Waals surface area contributed by atoms with Crippen LogP contribution in [0.3, 0.4) is 0 Å². The number of halogens is 1. The van der Waals surface area contributed by atoms with Crippen molar-refractivity contribution in [3.63, 3.8) is 0 Å². The summed E-state index contributed by atoms with van der Waals surface area (Å²) in [4.78, 5) is 12.6. The number of esters is 1. The van der Waals surface area contributed by atoms with E-state index in [1.54, 1.807) is 0 Å². The summed E-state index contributed by atoms with van der Waals surface area (Å²) >= 11 is 0. The quantitative estimate of drug-likeness (QED) is 0.588. The van der Waals surface area contributed by atoms with Crippen molar-refractivity contribution in [1.29, 1.82) is 0 Å². The van der Waals surface area contributed by atoms with Crippen LogP contribution in [0.15, 0.2) is 0 Å². The third-order valence-corrected chi connectivity index (χ3v) is 7.47. The Morgan fingerprint density at radius 3 is 1.80 bits per heavy atom. The molecule has 0 saturated heterocycles. The lowest BCUT2D eigenvalue weighted by Gasteiger charge is -2.38. The highest BCUT2D eigenvalue weighted by Crippen LogP contribution is 2.42. The van der Waals surface area contributed by atoms with Gasteiger partial charge in [-0.15, -0.1) is 0 Å². The van der Waals surface area contributed by atoms with Gasteiger partial charge in [-0.2, -0.15) is 0 Å². The molecule has 2 atom stereocenters. The Labute approximate surface area is 153 Å². The summed E-state index contributed by atoms with van der Waals surface area (Å²) in [5, 5.41) is 0. The van der Waals surface area contributed by atoms with E-state index < -0.39 is 6.17 Å². The van der Waals surface area contributed by atoms with Gasteiger partial charge in [-0.05, 0) is 81.0 Å². The van der Waals surface area contributed by atoms with Gasteiger partial charge in [0, 0.05) is 0 Å². The first-order valence-corrected chi connectivity index (χ1v) is 10.8. The summed E-state index contributed by atoms with van der Waals surface area (Å²) in [6.07, 6.45) is 10.5. The third kappa shape index (κ3) is 4.77. The molecule has 3 saturated carbocycles. The van der Waals surface area contributed by atoms with Crippen LogP contribution in [0.25, 0.3) is 0 Å². The molecular weight excluding hydrogens is 315 g/mol. The van der Waals surface area contributed by atoms with Crippen molar-refractivity contribution in [1.82, 2.24) is 0 Å². The van der Waals surface area contributed by atoms with Gasteiger partial charge in [0.05, 0.1) is 5.92 Å². The van der Waals surface area contributed by atoms with Gasteiger partial charge < -0.3 is 4.74 Å². The molecule has 25 heavy (non-hydrogen) atoms. The molecule has 0 aromatic carbocycles. The molecule has 0 heterocycles. The fourth-order valence-corrected chi connectivity index (χ4v) is 5.69. The molecule has 0 aromatic rings.